The van der Waals surface area contributed by atoms with Crippen molar-refractivity contribution in [1.82, 2.24) is 14.5 Å². The molecule has 0 unspecified atom stereocenters. The van der Waals surface area contributed by atoms with Crippen LogP contribution in [0.1, 0.15) is 28.7 Å². The van der Waals surface area contributed by atoms with Gasteiger partial charge in [-0.25, -0.2) is 4.98 Å². The smallest absolute Gasteiger partial charge is 0.323 e. The third-order valence-electron chi connectivity index (χ3n) is 4.43. The van der Waals surface area contributed by atoms with Crippen molar-refractivity contribution in [2.75, 3.05) is 6.54 Å². The van der Waals surface area contributed by atoms with Gasteiger partial charge in [0.2, 0.25) is 0 Å². The summed E-state index contributed by atoms with van der Waals surface area (Å²) in [5, 5.41) is 9.72. The van der Waals surface area contributed by atoms with Crippen molar-refractivity contribution < 1.29 is 14.7 Å². The first-order chi connectivity index (χ1) is 12.9. The molecule has 6 nitrogen and oxygen atoms in total. The minimum atomic E-state index is -1.08. The van der Waals surface area contributed by atoms with Gasteiger partial charge in [0, 0.05) is 23.7 Å². The van der Waals surface area contributed by atoms with Gasteiger partial charge in [-0.15, -0.1) is 0 Å². The Morgan fingerprint density at radius 3 is 2.63 bits per heavy atom. The van der Waals surface area contributed by atoms with Crippen molar-refractivity contribution in [3.8, 4) is 0 Å². The molecule has 3 rings (SSSR count). The molecule has 0 aliphatic rings. The molecule has 140 valence electrons. The number of aromatic nitrogens is 2. The fourth-order valence-corrected chi connectivity index (χ4v) is 3.36. The van der Waals surface area contributed by atoms with E-state index in [9.17, 15) is 14.7 Å². The molecule has 0 bridgehead atoms. The van der Waals surface area contributed by atoms with Gasteiger partial charge in [0.05, 0.1) is 11.0 Å². The van der Waals surface area contributed by atoms with Crippen LogP contribution in [-0.2, 0) is 17.9 Å². The van der Waals surface area contributed by atoms with Gasteiger partial charge < -0.3 is 14.6 Å². The number of carbonyl (C=O) groups excluding carboxylic acids is 1. The van der Waals surface area contributed by atoms with Crippen LogP contribution in [-0.4, -0.2) is 38.0 Å². The number of aliphatic carboxylic acids is 1. The highest BCUT2D eigenvalue weighted by molar-refractivity contribution is 6.31. The Balaban J connectivity index is 1.94. The molecule has 27 heavy (non-hydrogen) atoms. The number of carbonyl (C=O) groups is 2. The van der Waals surface area contributed by atoms with Gasteiger partial charge in [0.15, 0.2) is 0 Å². The second-order valence-corrected chi connectivity index (χ2v) is 6.66. The van der Waals surface area contributed by atoms with Crippen molar-refractivity contribution >= 4 is 34.5 Å². The van der Waals surface area contributed by atoms with E-state index in [2.05, 4.69) is 9.55 Å². The SMILES string of the molecule is CCn1c(C)nc2cc(C(=O)N(CC(=O)O)Cc3ccccc3Cl)ccc21. The van der Waals surface area contributed by atoms with Crippen LogP contribution in [0, 0.1) is 6.92 Å². The lowest BCUT2D eigenvalue weighted by Gasteiger charge is -2.21. The Labute approximate surface area is 162 Å². The van der Waals surface area contributed by atoms with E-state index in [1.165, 1.54) is 4.90 Å². The Hall–Kier alpha value is -2.86. The molecule has 0 radical (unpaired) electrons. The first-order valence-electron chi connectivity index (χ1n) is 8.62. The molecule has 0 spiro atoms. The number of benzene rings is 2. The molecule has 3 aromatic rings. The van der Waals surface area contributed by atoms with Crippen LogP contribution in [0.5, 0.6) is 0 Å². The number of amides is 1. The number of halogens is 1. The minimum Gasteiger partial charge on any atom is -0.480 e. The van der Waals surface area contributed by atoms with Gasteiger partial charge in [0.25, 0.3) is 5.91 Å². The average Bonchev–Trinajstić information content (AvgIpc) is 2.96. The van der Waals surface area contributed by atoms with Gasteiger partial charge in [-0.3, -0.25) is 9.59 Å². The summed E-state index contributed by atoms with van der Waals surface area (Å²) >= 11 is 6.17. The van der Waals surface area contributed by atoms with Gasteiger partial charge in [-0.2, -0.15) is 0 Å². The summed E-state index contributed by atoms with van der Waals surface area (Å²) in [4.78, 5) is 30.0. The third-order valence-corrected chi connectivity index (χ3v) is 4.80. The summed E-state index contributed by atoms with van der Waals surface area (Å²) < 4.78 is 2.06. The predicted octanol–water partition coefficient (Wildman–Crippen LogP) is 3.75. The second-order valence-electron chi connectivity index (χ2n) is 6.25. The Bertz CT molecular complexity index is 1010. The molecule has 2 aromatic carbocycles. The van der Waals surface area contributed by atoms with Crippen LogP contribution in [0.2, 0.25) is 5.02 Å². The second kappa shape index (κ2) is 7.80. The number of nitrogens with zero attached hydrogens (tertiary/aromatic N) is 3. The quantitative estimate of drug-likeness (QED) is 0.701. The molecule has 0 aliphatic heterocycles. The maximum atomic E-state index is 13.0. The molecule has 0 atom stereocenters. The van der Waals surface area contributed by atoms with Gasteiger partial charge in [-0.05, 0) is 43.7 Å². The lowest BCUT2D eigenvalue weighted by atomic mass is 10.1. The number of fused-ring (bicyclic) bond motifs is 1. The molecule has 1 aromatic heterocycles. The van der Waals surface area contributed by atoms with Gasteiger partial charge >= 0.3 is 5.97 Å². The van der Waals surface area contributed by atoms with Gasteiger partial charge in [0.1, 0.15) is 12.4 Å². The van der Waals surface area contributed by atoms with Gasteiger partial charge in [-0.1, -0.05) is 29.8 Å². The van der Waals surface area contributed by atoms with Crippen molar-refractivity contribution in [3.05, 3.63) is 64.4 Å². The van der Waals surface area contributed by atoms with Crippen LogP contribution in [0.15, 0.2) is 42.5 Å². The summed E-state index contributed by atoms with van der Waals surface area (Å²) in [6, 6.07) is 12.3. The van der Waals surface area contributed by atoms with E-state index in [0.717, 1.165) is 17.9 Å². The summed E-state index contributed by atoms with van der Waals surface area (Å²) in [6.07, 6.45) is 0. The van der Waals surface area contributed by atoms with E-state index in [1.807, 2.05) is 19.9 Å². The van der Waals surface area contributed by atoms with Crippen LogP contribution in [0.4, 0.5) is 0 Å². The van der Waals surface area contributed by atoms with Crippen LogP contribution in [0.25, 0.3) is 11.0 Å². The number of imidazole rings is 1. The molecular formula is C20H20ClN3O3. The molecule has 1 N–H and O–H groups in total. The fraction of sp³-hybridized carbons (Fsp3) is 0.250. The number of carboxylic acids is 1. The van der Waals surface area contributed by atoms with Crippen LogP contribution in [0.3, 0.4) is 0 Å². The van der Waals surface area contributed by atoms with E-state index < -0.39 is 12.5 Å². The van der Waals surface area contributed by atoms with E-state index >= 15 is 0 Å². The Morgan fingerprint density at radius 1 is 1.22 bits per heavy atom. The summed E-state index contributed by atoms with van der Waals surface area (Å²) in [7, 11) is 0. The van der Waals surface area contributed by atoms with Crippen molar-refractivity contribution in [2.24, 2.45) is 0 Å². The van der Waals surface area contributed by atoms with Crippen LogP contribution >= 0.6 is 11.6 Å². The lowest BCUT2D eigenvalue weighted by Crippen LogP contribution is -2.35. The molecule has 1 amide bonds. The minimum absolute atomic E-state index is 0.116. The molecule has 7 heteroatoms. The van der Waals surface area contributed by atoms with Crippen molar-refractivity contribution in [1.29, 1.82) is 0 Å². The number of hydrogen-bond acceptors (Lipinski definition) is 3. The highest BCUT2D eigenvalue weighted by Crippen LogP contribution is 2.21. The van der Waals surface area contributed by atoms with Crippen molar-refractivity contribution in [3.63, 3.8) is 0 Å². The standard InChI is InChI=1S/C20H20ClN3O3/c1-3-24-13(2)22-17-10-14(8-9-18(17)24)20(27)23(12-19(25)26)11-15-6-4-5-7-16(15)21/h4-10H,3,11-12H2,1-2H3,(H,25,26). The van der Waals surface area contributed by atoms with E-state index in [1.54, 1.807) is 36.4 Å². The first-order valence-corrected chi connectivity index (χ1v) is 9.00. The third kappa shape index (κ3) is 3.95. The maximum absolute atomic E-state index is 13.0. The number of carboxylic acid groups (broad SMARTS) is 1. The maximum Gasteiger partial charge on any atom is 0.323 e. The summed E-state index contributed by atoms with van der Waals surface area (Å²) in [5.41, 5.74) is 2.76. The number of hydrogen-bond donors (Lipinski definition) is 1. The summed E-state index contributed by atoms with van der Waals surface area (Å²) in [5.74, 6) is -0.582. The average molecular weight is 386 g/mol. The summed E-state index contributed by atoms with van der Waals surface area (Å²) in [6.45, 7) is 4.44. The lowest BCUT2D eigenvalue weighted by molar-refractivity contribution is -0.137. The largest absolute Gasteiger partial charge is 0.480 e. The highest BCUT2D eigenvalue weighted by Gasteiger charge is 2.21. The normalized spacial score (nSPS) is 10.9. The monoisotopic (exact) mass is 385 g/mol. The Kier molecular flexibility index (Phi) is 5.46. The van der Waals surface area contributed by atoms with E-state index in [4.69, 9.17) is 11.6 Å². The zero-order chi connectivity index (χ0) is 19.6. The first kappa shape index (κ1) is 18.9. The van der Waals surface area contributed by atoms with E-state index in [0.29, 0.717) is 21.7 Å². The Morgan fingerprint density at radius 2 is 1.96 bits per heavy atom. The molecule has 0 aliphatic carbocycles. The van der Waals surface area contributed by atoms with Crippen LogP contribution < -0.4 is 0 Å². The predicted molar refractivity (Wildman–Crippen MR) is 104 cm³/mol. The van der Waals surface area contributed by atoms with Crippen molar-refractivity contribution in [2.45, 2.75) is 26.9 Å². The van der Waals surface area contributed by atoms with E-state index in [-0.39, 0.29) is 12.5 Å². The molecule has 0 fully saturated rings. The number of rotatable bonds is 6. The molecule has 1 heterocycles. The zero-order valence-electron chi connectivity index (χ0n) is 15.1. The molecule has 0 saturated heterocycles. The fourth-order valence-electron chi connectivity index (χ4n) is 3.16. The zero-order valence-corrected chi connectivity index (χ0v) is 15.9. The topological polar surface area (TPSA) is 75.4 Å². The molecule has 0 saturated carbocycles. The molecular weight excluding hydrogens is 366 g/mol. The highest BCUT2D eigenvalue weighted by atomic mass is 35.5. The number of aryl methyl sites for hydroxylation is 2.